The van der Waals surface area contributed by atoms with Gasteiger partial charge in [-0.05, 0) is 40.6 Å². The van der Waals surface area contributed by atoms with Crippen molar-refractivity contribution in [1.29, 1.82) is 0 Å². The molecule has 2 aromatic carbocycles. The zero-order chi connectivity index (χ0) is 18.8. The van der Waals surface area contributed by atoms with E-state index < -0.39 is 0 Å². The van der Waals surface area contributed by atoms with E-state index in [-0.39, 0.29) is 29.8 Å². The van der Waals surface area contributed by atoms with Crippen LogP contribution in [0.2, 0.25) is 0 Å². The lowest BCUT2D eigenvalue weighted by Crippen LogP contribution is -2.36. The Bertz CT molecular complexity index is 743. The van der Waals surface area contributed by atoms with Crippen molar-refractivity contribution in [2.24, 2.45) is 4.99 Å². The number of nitrogens with zero attached hydrogens (tertiary/aromatic N) is 1. The fourth-order valence-corrected chi connectivity index (χ4v) is 3.22. The van der Waals surface area contributed by atoms with Gasteiger partial charge in [0.15, 0.2) is 5.96 Å². The highest BCUT2D eigenvalue weighted by Gasteiger charge is 2.06. The second-order valence-corrected chi connectivity index (χ2v) is 6.74. The standard InChI is InChI=1S/C20H26FN3OS.HI/c1-22-20(23-11-15-5-4-6-16(9-15)13-25-2)24-12-17-7-8-19(21)10-18(17)14-26-3;/h4-10H,11-14H2,1-3H3,(H2,22,23,24);1H. The molecule has 0 saturated carbocycles. The molecular weight excluding hydrogens is 476 g/mol. The third kappa shape index (κ3) is 8.06. The molecule has 2 rings (SSSR count). The number of nitrogens with one attached hydrogen (secondary N) is 2. The largest absolute Gasteiger partial charge is 0.380 e. The van der Waals surface area contributed by atoms with E-state index in [2.05, 4.69) is 27.8 Å². The first kappa shape index (κ1) is 23.7. The SMILES string of the molecule is CN=C(NCc1cccc(COC)c1)NCc1ccc(F)cc1CSC.I. The molecule has 0 heterocycles. The maximum atomic E-state index is 13.5. The molecule has 0 radical (unpaired) electrons. The van der Waals surface area contributed by atoms with Crippen LogP contribution in [-0.4, -0.2) is 26.4 Å². The highest BCUT2D eigenvalue weighted by atomic mass is 127. The van der Waals surface area contributed by atoms with Crippen LogP contribution in [0.15, 0.2) is 47.5 Å². The van der Waals surface area contributed by atoms with Crippen molar-refractivity contribution in [3.05, 3.63) is 70.5 Å². The molecule has 4 nitrogen and oxygen atoms in total. The first-order chi connectivity index (χ1) is 12.7. The molecule has 0 aromatic heterocycles. The van der Waals surface area contributed by atoms with Gasteiger partial charge in [-0.15, -0.1) is 24.0 Å². The van der Waals surface area contributed by atoms with Gasteiger partial charge in [-0.1, -0.05) is 30.3 Å². The fraction of sp³-hybridized carbons (Fsp3) is 0.350. The average molecular weight is 503 g/mol. The van der Waals surface area contributed by atoms with Crippen LogP contribution in [0.5, 0.6) is 0 Å². The summed E-state index contributed by atoms with van der Waals surface area (Å²) >= 11 is 1.68. The van der Waals surface area contributed by atoms with Gasteiger partial charge in [0.1, 0.15) is 5.82 Å². The molecule has 0 aliphatic heterocycles. The minimum atomic E-state index is -0.198. The minimum Gasteiger partial charge on any atom is -0.380 e. The maximum Gasteiger partial charge on any atom is 0.191 e. The van der Waals surface area contributed by atoms with Crippen LogP contribution in [0.1, 0.15) is 22.3 Å². The lowest BCUT2D eigenvalue weighted by atomic mass is 10.1. The Hall–Kier alpha value is -1.32. The van der Waals surface area contributed by atoms with E-state index in [1.54, 1.807) is 32.0 Å². The van der Waals surface area contributed by atoms with E-state index >= 15 is 0 Å². The summed E-state index contributed by atoms with van der Waals surface area (Å²) in [6.07, 6.45) is 2.01. The van der Waals surface area contributed by atoms with Crippen molar-refractivity contribution in [3.8, 4) is 0 Å². The molecule has 0 spiro atoms. The van der Waals surface area contributed by atoms with Crippen molar-refractivity contribution in [3.63, 3.8) is 0 Å². The number of rotatable bonds is 8. The molecule has 148 valence electrons. The molecule has 27 heavy (non-hydrogen) atoms. The van der Waals surface area contributed by atoms with E-state index in [0.29, 0.717) is 25.7 Å². The smallest absolute Gasteiger partial charge is 0.191 e. The maximum absolute atomic E-state index is 13.5. The Labute approximate surface area is 182 Å². The number of hydrogen-bond donors (Lipinski definition) is 2. The number of benzene rings is 2. The molecule has 7 heteroatoms. The number of methoxy groups -OCH3 is 1. The Morgan fingerprint density at radius 1 is 1.07 bits per heavy atom. The van der Waals surface area contributed by atoms with Gasteiger partial charge >= 0.3 is 0 Å². The van der Waals surface area contributed by atoms with Gasteiger partial charge in [-0.2, -0.15) is 11.8 Å². The number of guanidine groups is 1. The normalized spacial score (nSPS) is 11.0. The summed E-state index contributed by atoms with van der Waals surface area (Å²) < 4.78 is 18.6. The summed E-state index contributed by atoms with van der Waals surface area (Å²) in [5.74, 6) is 1.30. The predicted molar refractivity (Wildman–Crippen MR) is 123 cm³/mol. The molecule has 0 unspecified atom stereocenters. The molecular formula is C20H27FIN3OS. The van der Waals surface area contributed by atoms with Gasteiger partial charge in [0.05, 0.1) is 6.61 Å². The number of thioether (sulfide) groups is 1. The molecule has 0 amide bonds. The summed E-state index contributed by atoms with van der Waals surface area (Å²) in [6, 6.07) is 13.2. The van der Waals surface area contributed by atoms with Crippen LogP contribution in [-0.2, 0) is 30.2 Å². The zero-order valence-electron chi connectivity index (χ0n) is 15.9. The quantitative estimate of drug-likeness (QED) is 0.320. The average Bonchev–Trinajstić information content (AvgIpc) is 2.64. The van der Waals surface area contributed by atoms with Crippen LogP contribution < -0.4 is 10.6 Å². The van der Waals surface area contributed by atoms with Crippen molar-refractivity contribution >= 4 is 41.7 Å². The monoisotopic (exact) mass is 503 g/mol. The highest BCUT2D eigenvalue weighted by molar-refractivity contribution is 14.0. The van der Waals surface area contributed by atoms with Gasteiger partial charge in [-0.3, -0.25) is 4.99 Å². The van der Waals surface area contributed by atoms with Crippen molar-refractivity contribution in [2.45, 2.75) is 25.4 Å². The number of aliphatic imine (C=N–C) groups is 1. The Morgan fingerprint density at radius 3 is 2.52 bits per heavy atom. The van der Waals surface area contributed by atoms with E-state index in [1.165, 1.54) is 6.07 Å². The number of ether oxygens (including phenoxy) is 1. The summed E-state index contributed by atoms with van der Waals surface area (Å²) in [4.78, 5) is 4.26. The first-order valence-corrected chi connectivity index (χ1v) is 9.83. The van der Waals surface area contributed by atoms with Crippen LogP contribution in [0.4, 0.5) is 4.39 Å². The van der Waals surface area contributed by atoms with Gasteiger partial charge in [-0.25, -0.2) is 4.39 Å². The zero-order valence-corrected chi connectivity index (χ0v) is 19.1. The van der Waals surface area contributed by atoms with Crippen LogP contribution >= 0.6 is 35.7 Å². The third-order valence-corrected chi connectivity index (χ3v) is 4.50. The Kier molecular flexibility index (Phi) is 11.4. The summed E-state index contributed by atoms with van der Waals surface area (Å²) in [6.45, 7) is 1.86. The van der Waals surface area contributed by atoms with E-state index in [1.807, 2.05) is 24.5 Å². The first-order valence-electron chi connectivity index (χ1n) is 8.43. The fourth-order valence-electron chi connectivity index (χ4n) is 2.64. The second kappa shape index (κ2) is 13.0. The second-order valence-electron chi connectivity index (χ2n) is 5.88. The van der Waals surface area contributed by atoms with Crippen molar-refractivity contribution < 1.29 is 9.13 Å². The van der Waals surface area contributed by atoms with Gasteiger partial charge in [0, 0.05) is 33.0 Å². The summed E-state index contributed by atoms with van der Waals surface area (Å²) in [5, 5.41) is 6.60. The lowest BCUT2D eigenvalue weighted by Gasteiger charge is -2.14. The number of halogens is 2. The molecule has 0 bridgehead atoms. The van der Waals surface area contributed by atoms with Crippen molar-refractivity contribution in [2.75, 3.05) is 20.4 Å². The molecule has 2 aromatic rings. The highest BCUT2D eigenvalue weighted by Crippen LogP contribution is 2.16. The van der Waals surface area contributed by atoms with Crippen molar-refractivity contribution in [1.82, 2.24) is 10.6 Å². The number of hydrogen-bond acceptors (Lipinski definition) is 3. The van der Waals surface area contributed by atoms with Crippen LogP contribution in [0, 0.1) is 5.82 Å². The van der Waals surface area contributed by atoms with Gasteiger partial charge in [0.2, 0.25) is 0 Å². The summed E-state index contributed by atoms with van der Waals surface area (Å²) in [7, 11) is 3.43. The predicted octanol–water partition coefficient (Wildman–Crippen LogP) is 4.32. The third-order valence-electron chi connectivity index (χ3n) is 3.90. The topological polar surface area (TPSA) is 45.7 Å². The van der Waals surface area contributed by atoms with Crippen LogP contribution in [0.3, 0.4) is 0 Å². The molecule has 0 saturated heterocycles. The van der Waals surface area contributed by atoms with Gasteiger partial charge in [0.25, 0.3) is 0 Å². The lowest BCUT2D eigenvalue weighted by molar-refractivity contribution is 0.185. The molecule has 2 N–H and O–H groups in total. The summed E-state index contributed by atoms with van der Waals surface area (Å²) in [5.41, 5.74) is 4.38. The molecule has 0 fully saturated rings. The molecule has 0 atom stereocenters. The Morgan fingerprint density at radius 2 is 1.81 bits per heavy atom. The minimum absolute atomic E-state index is 0. The molecule has 0 aliphatic rings. The van der Waals surface area contributed by atoms with Gasteiger partial charge < -0.3 is 15.4 Å². The molecule has 0 aliphatic carbocycles. The Balaban J connectivity index is 0.00000364. The van der Waals surface area contributed by atoms with E-state index in [0.717, 1.165) is 28.0 Å². The van der Waals surface area contributed by atoms with E-state index in [4.69, 9.17) is 4.74 Å². The van der Waals surface area contributed by atoms with E-state index in [9.17, 15) is 4.39 Å². The van der Waals surface area contributed by atoms with Crippen LogP contribution in [0.25, 0.3) is 0 Å².